The zero-order valence-corrected chi connectivity index (χ0v) is 18.0. The van der Waals surface area contributed by atoms with Crippen LogP contribution in [0.4, 0.5) is 17.5 Å². The molecule has 0 amide bonds. The summed E-state index contributed by atoms with van der Waals surface area (Å²) in [5.41, 5.74) is 2.67. The lowest BCUT2D eigenvalue weighted by Crippen LogP contribution is -2.10. The van der Waals surface area contributed by atoms with Crippen molar-refractivity contribution >= 4 is 51.6 Å². The molecule has 30 heavy (non-hydrogen) atoms. The first-order valence-corrected chi connectivity index (χ1v) is 10.2. The first-order chi connectivity index (χ1) is 14.5. The molecule has 3 aromatic carbocycles. The number of nitrogens with zero attached hydrogens (tertiary/aromatic N) is 2. The van der Waals surface area contributed by atoms with Crippen LogP contribution < -0.4 is 15.4 Å². The highest BCUT2D eigenvalue weighted by atomic mass is 35.5. The molecule has 1 aromatic heterocycles. The van der Waals surface area contributed by atoms with E-state index in [2.05, 4.69) is 22.5 Å². The molecule has 1 atom stereocenters. The van der Waals surface area contributed by atoms with Crippen LogP contribution in [0.15, 0.2) is 66.7 Å². The topological polar surface area (TPSA) is 59.1 Å². The average Bonchev–Trinajstić information content (AvgIpc) is 2.73. The second-order valence-corrected chi connectivity index (χ2v) is 7.71. The summed E-state index contributed by atoms with van der Waals surface area (Å²) < 4.78 is 5.25. The quantitative estimate of drug-likeness (QED) is 0.344. The molecule has 2 N–H and O–H groups in total. The molecule has 0 aliphatic rings. The van der Waals surface area contributed by atoms with Crippen molar-refractivity contribution in [3.8, 4) is 5.75 Å². The molecular weight excluding hydrogens is 419 g/mol. The molecule has 0 aliphatic carbocycles. The first kappa shape index (κ1) is 20.3. The van der Waals surface area contributed by atoms with Crippen molar-refractivity contribution in [3.63, 3.8) is 0 Å². The second kappa shape index (κ2) is 8.78. The van der Waals surface area contributed by atoms with Crippen LogP contribution in [0.3, 0.4) is 0 Å². The second-order valence-electron chi connectivity index (χ2n) is 6.84. The number of benzene rings is 3. The van der Waals surface area contributed by atoms with E-state index in [-0.39, 0.29) is 6.04 Å². The van der Waals surface area contributed by atoms with Gasteiger partial charge in [-0.25, -0.2) is 4.98 Å². The van der Waals surface area contributed by atoms with E-state index >= 15 is 0 Å². The molecule has 4 rings (SSSR count). The Bertz CT molecular complexity index is 1160. The van der Waals surface area contributed by atoms with E-state index in [0.29, 0.717) is 16.0 Å². The third-order valence-corrected chi connectivity index (χ3v) is 5.13. The van der Waals surface area contributed by atoms with Crippen LogP contribution >= 0.6 is 23.2 Å². The van der Waals surface area contributed by atoms with Gasteiger partial charge in [-0.3, -0.25) is 0 Å². The lowest BCUT2D eigenvalue weighted by Gasteiger charge is -2.18. The molecule has 152 valence electrons. The summed E-state index contributed by atoms with van der Waals surface area (Å²) in [6.45, 7) is 2.09. The number of ether oxygens (including phenoxy) is 1. The molecule has 1 heterocycles. The predicted molar refractivity (Wildman–Crippen MR) is 124 cm³/mol. The van der Waals surface area contributed by atoms with Gasteiger partial charge < -0.3 is 15.4 Å². The predicted octanol–water partition coefficient (Wildman–Crippen LogP) is 6.86. The van der Waals surface area contributed by atoms with Crippen molar-refractivity contribution in [2.24, 2.45) is 0 Å². The SMILES string of the molecule is COc1ccc(C(C)Nc2nc(Nc3cc(Cl)cc(Cl)c3)nc3ccccc23)cc1. The Kier molecular flexibility index (Phi) is 5.93. The van der Waals surface area contributed by atoms with E-state index < -0.39 is 0 Å². The van der Waals surface area contributed by atoms with Crippen molar-refractivity contribution in [2.45, 2.75) is 13.0 Å². The van der Waals surface area contributed by atoms with E-state index in [1.165, 1.54) is 0 Å². The van der Waals surface area contributed by atoms with Gasteiger partial charge in [-0.2, -0.15) is 4.98 Å². The smallest absolute Gasteiger partial charge is 0.229 e. The number of hydrogen-bond acceptors (Lipinski definition) is 5. The van der Waals surface area contributed by atoms with E-state index in [1.807, 2.05) is 48.5 Å². The Morgan fingerprint density at radius 2 is 1.60 bits per heavy atom. The number of anilines is 3. The van der Waals surface area contributed by atoms with Gasteiger partial charge >= 0.3 is 0 Å². The Balaban J connectivity index is 1.67. The van der Waals surface area contributed by atoms with Crippen molar-refractivity contribution in [2.75, 3.05) is 17.7 Å². The summed E-state index contributed by atoms with van der Waals surface area (Å²) in [7, 11) is 1.66. The molecule has 5 nitrogen and oxygen atoms in total. The molecule has 0 saturated heterocycles. The minimum Gasteiger partial charge on any atom is -0.497 e. The lowest BCUT2D eigenvalue weighted by molar-refractivity contribution is 0.414. The third-order valence-electron chi connectivity index (χ3n) is 4.69. The Hall–Kier alpha value is -3.02. The van der Waals surface area contributed by atoms with Gasteiger partial charge in [0.25, 0.3) is 0 Å². The first-order valence-electron chi connectivity index (χ1n) is 9.42. The molecular formula is C23H20Cl2N4O. The zero-order valence-electron chi connectivity index (χ0n) is 16.5. The number of hydrogen-bond donors (Lipinski definition) is 2. The third kappa shape index (κ3) is 4.58. The van der Waals surface area contributed by atoms with Crippen LogP contribution in [0.2, 0.25) is 10.0 Å². The average molecular weight is 439 g/mol. The Morgan fingerprint density at radius 3 is 2.30 bits per heavy atom. The van der Waals surface area contributed by atoms with Gasteiger partial charge in [0, 0.05) is 27.2 Å². The highest BCUT2D eigenvalue weighted by Gasteiger charge is 2.12. The van der Waals surface area contributed by atoms with Crippen LogP contribution in [0.5, 0.6) is 5.75 Å². The fourth-order valence-corrected chi connectivity index (χ4v) is 3.70. The summed E-state index contributed by atoms with van der Waals surface area (Å²) in [5, 5.41) is 8.72. The molecule has 0 bridgehead atoms. The van der Waals surface area contributed by atoms with Crippen LogP contribution in [0, 0.1) is 0 Å². The molecule has 0 fully saturated rings. The van der Waals surface area contributed by atoms with Gasteiger partial charge in [-0.05, 0) is 55.0 Å². The number of halogens is 2. The van der Waals surface area contributed by atoms with Gasteiger partial charge in [0.05, 0.1) is 12.6 Å². The van der Waals surface area contributed by atoms with Crippen LogP contribution in [0.1, 0.15) is 18.5 Å². The van der Waals surface area contributed by atoms with Gasteiger partial charge in [-0.1, -0.05) is 47.5 Å². The number of para-hydroxylation sites is 1. The van der Waals surface area contributed by atoms with Crippen LogP contribution in [-0.2, 0) is 0 Å². The summed E-state index contributed by atoms with van der Waals surface area (Å²) in [6, 6.07) is 21.1. The minimum atomic E-state index is 0.0303. The highest BCUT2D eigenvalue weighted by Crippen LogP contribution is 2.29. The van der Waals surface area contributed by atoms with Gasteiger partial charge in [-0.15, -0.1) is 0 Å². The fourth-order valence-electron chi connectivity index (χ4n) is 3.18. The normalized spacial score (nSPS) is 11.9. The zero-order chi connectivity index (χ0) is 21.1. The van der Waals surface area contributed by atoms with Gasteiger partial charge in [0.1, 0.15) is 11.6 Å². The maximum absolute atomic E-state index is 6.11. The molecule has 0 aliphatic heterocycles. The molecule has 4 aromatic rings. The molecule has 0 spiro atoms. The Labute approximate surface area is 185 Å². The monoisotopic (exact) mass is 438 g/mol. The van der Waals surface area contributed by atoms with Gasteiger partial charge in [0.15, 0.2) is 0 Å². The van der Waals surface area contributed by atoms with Crippen LogP contribution in [-0.4, -0.2) is 17.1 Å². The highest BCUT2D eigenvalue weighted by molar-refractivity contribution is 6.35. The largest absolute Gasteiger partial charge is 0.497 e. The summed E-state index contributed by atoms with van der Waals surface area (Å²) in [6.07, 6.45) is 0. The van der Waals surface area contributed by atoms with Crippen molar-refractivity contribution < 1.29 is 4.74 Å². The summed E-state index contributed by atoms with van der Waals surface area (Å²) >= 11 is 12.2. The van der Waals surface area contributed by atoms with Crippen molar-refractivity contribution in [3.05, 3.63) is 82.3 Å². The van der Waals surface area contributed by atoms with Crippen molar-refractivity contribution in [1.29, 1.82) is 0 Å². The maximum atomic E-state index is 6.11. The minimum absolute atomic E-state index is 0.0303. The fraction of sp³-hybridized carbons (Fsp3) is 0.130. The Morgan fingerprint density at radius 1 is 0.900 bits per heavy atom. The molecule has 0 radical (unpaired) electrons. The van der Waals surface area contributed by atoms with Gasteiger partial charge in [0.2, 0.25) is 5.95 Å². The maximum Gasteiger partial charge on any atom is 0.229 e. The molecule has 0 saturated carbocycles. The summed E-state index contributed by atoms with van der Waals surface area (Å²) in [4.78, 5) is 9.34. The molecule has 7 heteroatoms. The van der Waals surface area contributed by atoms with E-state index in [9.17, 15) is 0 Å². The van der Waals surface area contributed by atoms with E-state index in [4.69, 9.17) is 32.9 Å². The van der Waals surface area contributed by atoms with Crippen molar-refractivity contribution in [1.82, 2.24) is 9.97 Å². The number of aromatic nitrogens is 2. The molecule has 1 unspecified atom stereocenters. The van der Waals surface area contributed by atoms with Crippen LogP contribution in [0.25, 0.3) is 10.9 Å². The standard InChI is InChI=1S/C23H20Cl2N4O/c1-14(15-7-9-19(30-2)10-8-15)26-22-20-5-3-4-6-21(20)28-23(29-22)27-18-12-16(24)11-17(25)13-18/h3-14H,1-2H3,(H2,26,27,28,29). The lowest BCUT2D eigenvalue weighted by atomic mass is 10.1. The number of nitrogens with one attached hydrogen (secondary N) is 2. The number of methoxy groups -OCH3 is 1. The van der Waals surface area contributed by atoms with E-state index in [0.717, 1.165) is 33.7 Å². The number of fused-ring (bicyclic) bond motifs is 1. The summed E-state index contributed by atoms with van der Waals surface area (Å²) in [5.74, 6) is 2.01. The number of rotatable bonds is 6. The van der Waals surface area contributed by atoms with E-state index in [1.54, 1.807) is 25.3 Å².